The van der Waals surface area contributed by atoms with E-state index in [0.717, 1.165) is 11.1 Å². The number of hydrogen-bond donors (Lipinski definition) is 2. The lowest BCUT2D eigenvalue weighted by Gasteiger charge is -2.34. The molecule has 10 nitrogen and oxygen atoms in total. The van der Waals surface area contributed by atoms with Gasteiger partial charge in [-0.15, -0.1) is 0 Å². The molecule has 48 heavy (non-hydrogen) atoms. The lowest BCUT2D eigenvalue weighted by molar-refractivity contribution is 0.0601. The summed E-state index contributed by atoms with van der Waals surface area (Å²) in [7, 11) is -8.37. The summed E-state index contributed by atoms with van der Waals surface area (Å²) in [6.45, 7) is 13.8. The molecule has 0 aromatic heterocycles. The van der Waals surface area contributed by atoms with Crippen LogP contribution < -0.4 is 14.2 Å². The maximum Gasteiger partial charge on any atom is 0.340 e. The van der Waals surface area contributed by atoms with Gasteiger partial charge in [0.15, 0.2) is 9.04 Å². The van der Waals surface area contributed by atoms with E-state index in [-0.39, 0.29) is 26.8 Å². The van der Waals surface area contributed by atoms with Crippen LogP contribution >= 0.6 is 0 Å². The van der Waals surface area contributed by atoms with Crippen molar-refractivity contribution in [1.29, 1.82) is 0 Å². The predicted molar refractivity (Wildman–Crippen MR) is 190 cm³/mol. The molecule has 0 aliphatic rings. The molecule has 0 fully saturated rings. The highest BCUT2D eigenvalue weighted by atomic mass is 32.2. The second-order valence-electron chi connectivity index (χ2n) is 12.8. The van der Waals surface area contributed by atoms with E-state index in [1.807, 2.05) is 47.7 Å². The van der Waals surface area contributed by atoms with Crippen molar-refractivity contribution in [2.75, 3.05) is 16.6 Å². The van der Waals surface area contributed by atoms with Crippen molar-refractivity contribution in [2.45, 2.75) is 63.6 Å². The Kier molecular flexibility index (Phi) is 11.1. The first-order valence-electron chi connectivity index (χ1n) is 15.3. The van der Waals surface area contributed by atoms with Gasteiger partial charge < -0.3 is 13.9 Å². The minimum absolute atomic E-state index is 0.0133. The molecule has 1 unspecified atom stereocenters. The average molecular weight is 711 g/mol. The molecule has 4 aromatic rings. The van der Waals surface area contributed by atoms with Crippen molar-refractivity contribution < 1.29 is 35.5 Å². The number of methoxy groups -OCH3 is 1. The Balaban J connectivity index is 1.74. The molecule has 13 heteroatoms. The van der Waals surface area contributed by atoms with Crippen molar-refractivity contribution in [2.24, 2.45) is 5.41 Å². The SMILES string of the molecule is COC(=O)c1cc(Oc2ccc(NS(=O)(=O)c3ccc(C)cc3)c(C(O[SiH](C)C)C(C)(C)C)c2)ccc1NS(=O)(=O)c1ccc(C)cc1. The molecule has 4 aromatic carbocycles. The number of anilines is 2. The molecule has 0 amide bonds. The lowest BCUT2D eigenvalue weighted by Crippen LogP contribution is -2.27. The van der Waals surface area contributed by atoms with E-state index in [4.69, 9.17) is 13.9 Å². The van der Waals surface area contributed by atoms with E-state index in [1.54, 1.807) is 54.6 Å². The summed E-state index contributed by atoms with van der Waals surface area (Å²) in [6, 6.07) is 22.1. The van der Waals surface area contributed by atoms with Gasteiger partial charge in [0.25, 0.3) is 20.0 Å². The molecule has 0 saturated carbocycles. The number of esters is 1. The number of carbonyl (C=O) groups excluding carboxylic acids is 1. The zero-order valence-electron chi connectivity index (χ0n) is 28.3. The Morgan fingerprint density at radius 1 is 0.708 bits per heavy atom. The predicted octanol–water partition coefficient (Wildman–Crippen LogP) is 7.57. The minimum atomic E-state index is -4.01. The fraction of sp³-hybridized carbons (Fsp3) is 0.286. The molecule has 0 bridgehead atoms. The summed E-state index contributed by atoms with van der Waals surface area (Å²) in [5, 5.41) is 0. The second-order valence-corrected chi connectivity index (χ2v) is 18.6. The normalized spacial score (nSPS) is 12.8. The van der Waals surface area contributed by atoms with Crippen molar-refractivity contribution in [3.63, 3.8) is 0 Å². The molecule has 4 rings (SSSR count). The smallest absolute Gasteiger partial charge is 0.340 e. The average Bonchev–Trinajstić information content (AvgIpc) is 3.00. The van der Waals surface area contributed by atoms with Gasteiger partial charge in [-0.3, -0.25) is 9.44 Å². The zero-order chi connectivity index (χ0) is 35.4. The van der Waals surface area contributed by atoms with Gasteiger partial charge in [-0.25, -0.2) is 21.6 Å². The third-order valence-corrected chi connectivity index (χ3v) is 10.9. The van der Waals surface area contributed by atoms with E-state index in [0.29, 0.717) is 17.0 Å². The number of nitrogens with one attached hydrogen (secondary N) is 2. The molecule has 1 atom stereocenters. The third kappa shape index (κ3) is 9.04. The summed E-state index contributed by atoms with van der Waals surface area (Å²) in [4.78, 5) is 12.9. The summed E-state index contributed by atoms with van der Waals surface area (Å²) in [5.41, 5.74) is 2.29. The monoisotopic (exact) mass is 710 g/mol. The molecule has 0 aliphatic carbocycles. The van der Waals surface area contributed by atoms with Crippen LogP contribution in [0.4, 0.5) is 11.4 Å². The Labute approximate surface area is 285 Å². The van der Waals surface area contributed by atoms with Crippen LogP contribution in [0.15, 0.2) is 94.7 Å². The van der Waals surface area contributed by atoms with E-state index in [1.165, 1.54) is 37.4 Å². The minimum Gasteiger partial charge on any atom is -0.465 e. The molecule has 0 heterocycles. The van der Waals surface area contributed by atoms with E-state index in [2.05, 4.69) is 9.44 Å². The number of aryl methyl sites for hydroxylation is 2. The number of rotatable bonds is 12. The van der Waals surface area contributed by atoms with Crippen LogP contribution in [0.1, 0.15) is 53.9 Å². The fourth-order valence-electron chi connectivity index (χ4n) is 4.86. The summed E-state index contributed by atoms with van der Waals surface area (Å²) < 4.78 is 75.9. The van der Waals surface area contributed by atoms with Gasteiger partial charge in [-0.1, -0.05) is 56.2 Å². The molecular formula is C35H42N2O8S2Si. The van der Waals surface area contributed by atoms with Crippen molar-refractivity contribution in [3.8, 4) is 11.5 Å². The Hall–Kier alpha value is -4.17. The Morgan fingerprint density at radius 2 is 1.17 bits per heavy atom. The van der Waals surface area contributed by atoms with Crippen LogP contribution in [-0.4, -0.2) is 39.0 Å². The first-order valence-corrected chi connectivity index (χ1v) is 21.0. The van der Waals surface area contributed by atoms with Crippen LogP contribution in [0, 0.1) is 19.3 Å². The van der Waals surface area contributed by atoms with Crippen LogP contribution in [0.3, 0.4) is 0 Å². The van der Waals surface area contributed by atoms with E-state index >= 15 is 0 Å². The van der Waals surface area contributed by atoms with Crippen LogP contribution in [0.2, 0.25) is 13.1 Å². The number of carbonyl (C=O) groups is 1. The van der Waals surface area contributed by atoms with Crippen molar-refractivity contribution in [1.82, 2.24) is 0 Å². The van der Waals surface area contributed by atoms with Gasteiger partial charge in [-0.2, -0.15) is 0 Å². The molecular weight excluding hydrogens is 669 g/mol. The molecule has 256 valence electrons. The summed E-state index contributed by atoms with van der Waals surface area (Å²) in [5.74, 6) is -0.207. The highest BCUT2D eigenvalue weighted by molar-refractivity contribution is 7.93. The third-order valence-electron chi connectivity index (χ3n) is 7.28. The summed E-state index contributed by atoms with van der Waals surface area (Å²) >= 11 is 0. The molecule has 0 saturated heterocycles. The van der Waals surface area contributed by atoms with Gasteiger partial charge in [-0.05, 0) is 93.0 Å². The number of ether oxygens (including phenoxy) is 2. The highest BCUT2D eigenvalue weighted by Crippen LogP contribution is 2.42. The first-order chi connectivity index (χ1) is 22.4. The number of hydrogen-bond acceptors (Lipinski definition) is 8. The largest absolute Gasteiger partial charge is 0.465 e. The quantitative estimate of drug-likeness (QED) is 0.114. The summed E-state index contributed by atoms with van der Waals surface area (Å²) in [6.07, 6.45) is -0.493. The lowest BCUT2D eigenvalue weighted by atomic mass is 9.84. The Morgan fingerprint density at radius 3 is 1.62 bits per heavy atom. The fourth-order valence-corrected chi connectivity index (χ4v) is 8.13. The van der Waals surface area contributed by atoms with Gasteiger partial charge in [0, 0.05) is 5.56 Å². The topological polar surface area (TPSA) is 137 Å². The Bertz CT molecular complexity index is 1990. The molecule has 0 aliphatic heterocycles. The van der Waals surface area contributed by atoms with Gasteiger partial charge in [0.1, 0.15) is 11.5 Å². The van der Waals surface area contributed by atoms with Crippen LogP contribution in [-0.2, 0) is 29.2 Å². The van der Waals surface area contributed by atoms with Crippen LogP contribution in [0.25, 0.3) is 0 Å². The maximum atomic E-state index is 13.4. The second kappa shape index (κ2) is 14.5. The van der Waals surface area contributed by atoms with Crippen molar-refractivity contribution in [3.05, 3.63) is 107 Å². The number of benzene rings is 4. The zero-order valence-corrected chi connectivity index (χ0v) is 31.1. The molecule has 0 radical (unpaired) electrons. The maximum absolute atomic E-state index is 13.4. The van der Waals surface area contributed by atoms with E-state index in [9.17, 15) is 21.6 Å². The van der Waals surface area contributed by atoms with E-state index < -0.39 is 46.6 Å². The first kappa shape index (κ1) is 36.7. The molecule has 2 N–H and O–H groups in total. The van der Waals surface area contributed by atoms with Gasteiger partial charge >= 0.3 is 5.97 Å². The van der Waals surface area contributed by atoms with Crippen LogP contribution in [0.5, 0.6) is 11.5 Å². The standard InChI is InChI=1S/C35H42N2O8S2Si/c1-23-9-15-27(16-10-23)46(39,40)36-31-19-13-25(21-29(31)33(35(3,4)5)45-48(7)8)44-26-14-20-32(30(22-26)34(38)43-6)37-47(41,42)28-17-11-24(2)12-18-28/h9-22,33,36-37,48H,1-8H3. The number of sulfonamides is 2. The van der Waals surface area contributed by atoms with Gasteiger partial charge in [0.2, 0.25) is 0 Å². The van der Waals surface area contributed by atoms with Crippen molar-refractivity contribution >= 4 is 46.4 Å². The molecule has 0 spiro atoms. The van der Waals surface area contributed by atoms with Gasteiger partial charge in [0.05, 0.1) is 39.9 Å². The highest BCUT2D eigenvalue weighted by Gasteiger charge is 2.32.